The molecular formula is C9H19NO3. The van der Waals surface area contributed by atoms with Crippen LogP contribution in [0, 0.1) is 5.92 Å². The molecule has 1 saturated heterocycles. The Kier molecular flexibility index (Phi) is 4.66. The van der Waals surface area contributed by atoms with Gasteiger partial charge in [-0.1, -0.05) is 0 Å². The van der Waals surface area contributed by atoms with Gasteiger partial charge in [-0.05, 0) is 13.3 Å². The summed E-state index contributed by atoms with van der Waals surface area (Å²) in [7, 11) is 0. The first-order chi connectivity index (χ1) is 6.24. The average Bonchev–Trinajstić information content (AvgIpc) is 2.57. The minimum atomic E-state index is -0.236. The second-order valence-corrected chi connectivity index (χ2v) is 3.64. The molecule has 4 nitrogen and oxygen atoms in total. The predicted molar refractivity (Wildman–Crippen MR) is 49.4 cm³/mol. The molecule has 0 bridgehead atoms. The van der Waals surface area contributed by atoms with E-state index in [0.29, 0.717) is 12.5 Å². The van der Waals surface area contributed by atoms with Crippen LogP contribution in [0.5, 0.6) is 0 Å². The topological polar surface area (TPSA) is 64.7 Å². The van der Waals surface area contributed by atoms with E-state index in [0.717, 1.165) is 19.6 Å². The van der Waals surface area contributed by atoms with Crippen molar-refractivity contribution in [1.82, 2.24) is 0 Å². The third-order valence-corrected chi connectivity index (χ3v) is 2.34. The Balaban J connectivity index is 2.15. The molecule has 0 saturated carbocycles. The molecule has 1 heterocycles. The van der Waals surface area contributed by atoms with E-state index in [4.69, 9.17) is 20.3 Å². The summed E-state index contributed by atoms with van der Waals surface area (Å²) in [6, 6.07) is -0.118. The van der Waals surface area contributed by atoms with Crippen LogP contribution in [0.25, 0.3) is 0 Å². The molecule has 0 aromatic heterocycles. The summed E-state index contributed by atoms with van der Waals surface area (Å²) in [5.74, 6) is 0.479. The van der Waals surface area contributed by atoms with Crippen molar-refractivity contribution in [3.8, 4) is 0 Å². The van der Waals surface area contributed by atoms with E-state index in [-0.39, 0.29) is 18.8 Å². The lowest BCUT2D eigenvalue weighted by atomic mass is 10.1. The molecule has 0 aromatic carbocycles. The van der Waals surface area contributed by atoms with Gasteiger partial charge in [0, 0.05) is 18.6 Å². The summed E-state index contributed by atoms with van der Waals surface area (Å²) in [4.78, 5) is 0. The molecule has 3 atom stereocenters. The first-order valence-electron chi connectivity index (χ1n) is 4.79. The van der Waals surface area contributed by atoms with E-state index < -0.39 is 0 Å². The van der Waals surface area contributed by atoms with Gasteiger partial charge in [0.25, 0.3) is 0 Å². The van der Waals surface area contributed by atoms with Gasteiger partial charge in [-0.2, -0.15) is 0 Å². The summed E-state index contributed by atoms with van der Waals surface area (Å²) in [5.41, 5.74) is 5.62. The Labute approximate surface area is 79.0 Å². The third-order valence-electron chi connectivity index (χ3n) is 2.34. The van der Waals surface area contributed by atoms with Gasteiger partial charge in [0.05, 0.1) is 25.9 Å². The molecule has 0 amide bonds. The van der Waals surface area contributed by atoms with E-state index in [1.807, 2.05) is 6.92 Å². The first-order valence-corrected chi connectivity index (χ1v) is 4.79. The SMILES string of the molecule is CC(N)C(CO)OCC1CCOC1. The van der Waals surface area contributed by atoms with Gasteiger partial charge in [-0.3, -0.25) is 0 Å². The predicted octanol–water partition coefficient (Wildman–Crippen LogP) is -0.252. The zero-order valence-electron chi connectivity index (χ0n) is 8.11. The molecule has 0 radical (unpaired) electrons. The summed E-state index contributed by atoms with van der Waals surface area (Å²) in [5, 5.41) is 8.93. The molecule has 1 aliphatic rings. The highest BCUT2D eigenvalue weighted by Crippen LogP contribution is 2.13. The number of aliphatic hydroxyl groups is 1. The van der Waals surface area contributed by atoms with E-state index in [1.54, 1.807) is 0 Å². The van der Waals surface area contributed by atoms with Gasteiger partial charge < -0.3 is 20.3 Å². The first kappa shape index (κ1) is 10.9. The van der Waals surface area contributed by atoms with Crippen LogP contribution in [-0.4, -0.2) is 43.7 Å². The molecule has 1 fully saturated rings. The summed E-state index contributed by atoms with van der Waals surface area (Å²) < 4.78 is 10.7. The van der Waals surface area contributed by atoms with Crippen LogP contribution in [0.4, 0.5) is 0 Å². The van der Waals surface area contributed by atoms with Gasteiger partial charge >= 0.3 is 0 Å². The zero-order valence-corrected chi connectivity index (χ0v) is 8.11. The number of hydrogen-bond acceptors (Lipinski definition) is 4. The maximum Gasteiger partial charge on any atom is 0.0953 e. The molecule has 3 unspecified atom stereocenters. The van der Waals surface area contributed by atoms with Crippen molar-refractivity contribution >= 4 is 0 Å². The van der Waals surface area contributed by atoms with E-state index in [1.165, 1.54) is 0 Å². The van der Waals surface area contributed by atoms with E-state index >= 15 is 0 Å². The Morgan fingerprint density at radius 3 is 2.92 bits per heavy atom. The molecule has 13 heavy (non-hydrogen) atoms. The zero-order chi connectivity index (χ0) is 9.68. The molecule has 1 rings (SSSR count). The molecule has 0 spiro atoms. The Bertz CT molecular complexity index is 135. The molecule has 78 valence electrons. The quantitative estimate of drug-likeness (QED) is 0.626. The van der Waals surface area contributed by atoms with Crippen LogP contribution in [0.3, 0.4) is 0 Å². The van der Waals surface area contributed by atoms with Crippen molar-refractivity contribution in [2.45, 2.75) is 25.5 Å². The lowest BCUT2D eigenvalue weighted by molar-refractivity contribution is -0.0164. The Hall–Kier alpha value is -0.160. The smallest absolute Gasteiger partial charge is 0.0953 e. The monoisotopic (exact) mass is 189 g/mol. The average molecular weight is 189 g/mol. The van der Waals surface area contributed by atoms with Crippen LogP contribution in [-0.2, 0) is 9.47 Å². The fraction of sp³-hybridized carbons (Fsp3) is 1.00. The third kappa shape index (κ3) is 3.60. The molecule has 4 heteroatoms. The number of aliphatic hydroxyl groups excluding tert-OH is 1. The van der Waals surface area contributed by atoms with Crippen molar-refractivity contribution in [1.29, 1.82) is 0 Å². The standard InChI is InChI=1S/C9H19NO3/c1-7(10)9(4-11)13-6-8-2-3-12-5-8/h7-9,11H,2-6,10H2,1H3. The lowest BCUT2D eigenvalue weighted by Crippen LogP contribution is -2.38. The van der Waals surface area contributed by atoms with Crippen LogP contribution in [0.1, 0.15) is 13.3 Å². The second kappa shape index (κ2) is 5.54. The van der Waals surface area contributed by atoms with Crippen molar-refractivity contribution in [2.24, 2.45) is 11.7 Å². The lowest BCUT2D eigenvalue weighted by Gasteiger charge is -2.20. The largest absolute Gasteiger partial charge is 0.394 e. The van der Waals surface area contributed by atoms with Gasteiger partial charge in [0.1, 0.15) is 0 Å². The number of rotatable bonds is 5. The molecular weight excluding hydrogens is 170 g/mol. The molecule has 1 aliphatic heterocycles. The summed E-state index contributed by atoms with van der Waals surface area (Å²) >= 11 is 0. The Morgan fingerprint density at radius 2 is 2.46 bits per heavy atom. The second-order valence-electron chi connectivity index (χ2n) is 3.64. The maximum atomic E-state index is 8.93. The van der Waals surface area contributed by atoms with Gasteiger partial charge in [-0.25, -0.2) is 0 Å². The van der Waals surface area contributed by atoms with Gasteiger partial charge in [0.15, 0.2) is 0 Å². The fourth-order valence-corrected chi connectivity index (χ4v) is 1.35. The highest BCUT2D eigenvalue weighted by Gasteiger charge is 2.19. The molecule has 0 aliphatic carbocycles. The highest BCUT2D eigenvalue weighted by atomic mass is 16.5. The maximum absolute atomic E-state index is 8.93. The Morgan fingerprint density at radius 1 is 1.69 bits per heavy atom. The van der Waals surface area contributed by atoms with E-state index in [2.05, 4.69) is 0 Å². The fourth-order valence-electron chi connectivity index (χ4n) is 1.35. The van der Waals surface area contributed by atoms with Crippen molar-refractivity contribution in [3.63, 3.8) is 0 Å². The van der Waals surface area contributed by atoms with Gasteiger partial charge in [-0.15, -0.1) is 0 Å². The van der Waals surface area contributed by atoms with Crippen LogP contribution < -0.4 is 5.73 Å². The van der Waals surface area contributed by atoms with Crippen molar-refractivity contribution < 1.29 is 14.6 Å². The van der Waals surface area contributed by atoms with Crippen molar-refractivity contribution in [3.05, 3.63) is 0 Å². The van der Waals surface area contributed by atoms with Crippen LogP contribution in [0.15, 0.2) is 0 Å². The summed E-state index contributed by atoms with van der Waals surface area (Å²) in [6.07, 6.45) is 0.817. The van der Waals surface area contributed by atoms with Crippen LogP contribution in [0.2, 0.25) is 0 Å². The number of hydrogen-bond donors (Lipinski definition) is 2. The number of ether oxygens (including phenoxy) is 2. The van der Waals surface area contributed by atoms with Gasteiger partial charge in [0.2, 0.25) is 0 Å². The minimum absolute atomic E-state index is 0.00869. The summed E-state index contributed by atoms with van der Waals surface area (Å²) in [6.45, 7) is 4.08. The molecule has 0 aromatic rings. The van der Waals surface area contributed by atoms with E-state index in [9.17, 15) is 0 Å². The number of nitrogens with two attached hydrogens (primary N) is 1. The van der Waals surface area contributed by atoms with Crippen molar-refractivity contribution in [2.75, 3.05) is 26.4 Å². The highest BCUT2D eigenvalue weighted by molar-refractivity contribution is 4.69. The minimum Gasteiger partial charge on any atom is -0.394 e. The molecule has 3 N–H and O–H groups in total. The van der Waals surface area contributed by atoms with Crippen LogP contribution >= 0.6 is 0 Å². The normalized spacial score (nSPS) is 27.5.